The summed E-state index contributed by atoms with van der Waals surface area (Å²) in [7, 11) is 0. The fraction of sp³-hybridized carbons (Fsp3) is 0.100. The second kappa shape index (κ2) is 6.53. The fourth-order valence-corrected chi connectivity index (χ4v) is 2.84. The van der Waals surface area contributed by atoms with Gasteiger partial charge in [0.1, 0.15) is 17.0 Å². The normalized spacial score (nSPS) is 10.9. The van der Waals surface area contributed by atoms with E-state index in [0.29, 0.717) is 28.0 Å². The molecule has 0 atom stereocenters. The van der Waals surface area contributed by atoms with E-state index in [1.807, 2.05) is 30.3 Å². The van der Waals surface area contributed by atoms with Gasteiger partial charge in [-0.05, 0) is 25.1 Å². The Bertz CT molecular complexity index is 1210. The van der Waals surface area contributed by atoms with E-state index in [0.717, 1.165) is 5.56 Å². The Morgan fingerprint density at radius 3 is 2.67 bits per heavy atom. The van der Waals surface area contributed by atoms with Crippen LogP contribution in [0.3, 0.4) is 0 Å². The van der Waals surface area contributed by atoms with Crippen molar-refractivity contribution in [3.63, 3.8) is 0 Å². The summed E-state index contributed by atoms with van der Waals surface area (Å²) >= 11 is 0. The summed E-state index contributed by atoms with van der Waals surface area (Å²) in [5, 5.41) is 8.86. The predicted octanol–water partition coefficient (Wildman–Crippen LogP) is 3.27. The Kier molecular flexibility index (Phi) is 4.04. The lowest BCUT2D eigenvalue weighted by Crippen LogP contribution is -2.11. The number of nitrogens with zero attached hydrogens (tertiary/aromatic N) is 3. The molecule has 27 heavy (non-hydrogen) atoms. The van der Waals surface area contributed by atoms with Gasteiger partial charge in [0.05, 0.1) is 6.20 Å². The van der Waals surface area contributed by atoms with Crippen LogP contribution >= 0.6 is 0 Å². The zero-order chi connectivity index (χ0) is 19.0. The first kappa shape index (κ1) is 16.7. The number of hydrogen-bond donors (Lipinski definition) is 0. The van der Waals surface area contributed by atoms with Crippen molar-refractivity contribution in [3.8, 4) is 22.7 Å². The molecular formula is C20H15N3O4. The van der Waals surface area contributed by atoms with Crippen molar-refractivity contribution in [2.45, 2.75) is 13.8 Å². The molecule has 0 saturated heterocycles. The van der Waals surface area contributed by atoms with E-state index in [2.05, 4.69) is 10.3 Å². The number of hydrogen-bond acceptors (Lipinski definition) is 6. The highest BCUT2D eigenvalue weighted by Gasteiger charge is 2.14. The second-order valence-electron chi connectivity index (χ2n) is 6.03. The van der Waals surface area contributed by atoms with Crippen LogP contribution in [0.2, 0.25) is 0 Å². The average Bonchev–Trinajstić information content (AvgIpc) is 3.14. The largest absolute Gasteiger partial charge is 0.426 e. The summed E-state index contributed by atoms with van der Waals surface area (Å²) in [6.45, 7) is 3.05. The summed E-state index contributed by atoms with van der Waals surface area (Å²) < 4.78 is 12.0. The van der Waals surface area contributed by atoms with E-state index in [-0.39, 0.29) is 5.69 Å². The zero-order valence-electron chi connectivity index (χ0n) is 14.7. The molecule has 0 radical (unpaired) electrons. The third-order valence-corrected chi connectivity index (χ3v) is 4.15. The van der Waals surface area contributed by atoms with E-state index < -0.39 is 11.6 Å². The van der Waals surface area contributed by atoms with E-state index in [1.54, 1.807) is 31.3 Å². The predicted molar refractivity (Wildman–Crippen MR) is 98.9 cm³/mol. The minimum Gasteiger partial charge on any atom is -0.426 e. The monoisotopic (exact) mass is 361 g/mol. The maximum absolute atomic E-state index is 12.5. The summed E-state index contributed by atoms with van der Waals surface area (Å²) in [4.78, 5) is 23.7. The molecule has 0 bridgehead atoms. The summed E-state index contributed by atoms with van der Waals surface area (Å²) in [6.07, 6.45) is 1.67. The van der Waals surface area contributed by atoms with Gasteiger partial charge in [-0.2, -0.15) is 0 Å². The highest BCUT2D eigenvalue weighted by Crippen LogP contribution is 2.27. The van der Waals surface area contributed by atoms with Gasteiger partial charge in [0.25, 0.3) is 0 Å². The molecule has 2 heterocycles. The highest BCUT2D eigenvalue weighted by molar-refractivity contribution is 5.84. The molecule has 0 spiro atoms. The number of carbonyl (C=O) groups is 1. The van der Waals surface area contributed by atoms with E-state index in [4.69, 9.17) is 9.15 Å². The van der Waals surface area contributed by atoms with Crippen LogP contribution in [0.4, 0.5) is 0 Å². The molecule has 4 aromatic rings. The molecule has 0 aliphatic rings. The van der Waals surface area contributed by atoms with Gasteiger partial charge in [0.2, 0.25) is 0 Å². The van der Waals surface area contributed by atoms with Crippen LogP contribution in [0.15, 0.2) is 63.9 Å². The van der Waals surface area contributed by atoms with Gasteiger partial charge in [-0.15, -0.1) is 5.10 Å². The molecule has 0 aliphatic heterocycles. The average molecular weight is 361 g/mol. The van der Waals surface area contributed by atoms with Crippen molar-refractivity contribution in [3.05, 3.63) is 70.7 Å². The second-order valence-corrected chi connectivity index (χ2v) is 6.03. The molecule has 134 valence electrons. The van der Waals surface area contributed by atoms with E-state index >= 15 is 0 Å². The Balaban J connectivity index is 1.80. The van der Waals surface area contributed by atoms with Crippen molar-refractivity contribution in [2.24, 2.45) is 0 Å². The van der Waals surface area contributed by atoms with Crippen molar-refractivity contribution < 1.29 is 13.9 Å². The molecule has 7 heteroatoms. The van der Waals surface area contributed by atoms with Gasteiger partial charge in [-0.25, -0.2) is 9.48 Å². The summed E-state index contributed by atoms with van der Waals surface area (Å²) in [6, 6.07) is 14.6. The highest BCUT2D eigenvalue weighted by atomic mass is 16.5. The topological polar surface area (TPSA) is 87.2 Å². The first-order valence-corrected chi connectivity index (χ1v) is 8.27. The number of esters is 1. The smallest absolute Gasteiger partial charge is 0.362 e. The first-order valence-electron chi connectivity index (χ1n) is 8.27. The van der Waals surface area contributed by atoms with Crippen molar-refractivity contribution in [2.75, 3.05) is 0 Å². The number of benzene rings is 2. The Morgan fingerprint density at radius 1 is 1.15 bits per heavy atom. The molecule has 4 rings (SSSR count). The Hall–Kier alpha value is -3.74. The minimum absolute atomic E-state index is 0.247. The number of fused-ring (bicyclic) bond motifs is 1. The van der Waals surface area contributed by atoms with Crippen molar-refractivity contribution in [1.82, 2.24) is 15.0 Å². The lowest BCUT2D eigenvalue weighted by molar-refractivity contribution is -0.131. The third-order valence-electron chi connectivity index (χ3n) is 4.15. The zero-order valence-corrected chi connectivity index (χ0v) is 14.7. The Labute approximate surface area is 153 Å². The fourth-order valence-electron chi connectivity index (χ4n) is 2.84. The maximum Gasteiger partial charge on any atom is 0.362 e. The molecule has 0 saturated carbocycles. The lowest BCUT2D eigenvalue weighted by atomic mass is 10.1. The van der Waals surface area contributed by atoms with Gasteiger partial charge >= 0.3 is 11.6 Å². The molecule has 2 aromatic carbocycles. The molecular weight excluding hydrogens is 346 g/mol. The standard InChI is InChI=1S/C20H15N3O4/c1-12-18(26-13(2)24)9-8-15-10-17(20(25)27-19(12)15)23-11-16(21-22-23)14-6-4-3-5-7-14/h3-11H,1-2H3. The molecule has 0 fully saturated rings. The minimum atomic E-state index is -0.560. The van der Waals surface area contributed by atoms with Crippen molar-refractivity contribution >= 4 is 16.9 Å². The summed E-state index contributed by atoms with van der Waals surface area (Å²) in [5.74, 6) is -0.0782. The quantitative estimate of drug-likeness (QED) is 0.316. The van der Waals surface area contributed by atoms with Gasteiger partial charge < -0.3 is 9.15 Å². The van der Waals surface area contributed by atoms with E-state index in [1.165, 1.54) is 11.6 Å². The number of rotatable bonds is 3. The van der Waals surface area contributed by atoms with Crippen LogP contribution in [0.1, 0.15) is 12.5 Å². The molecule has 0 amide bonds. The number of aromatic nitrogens is 3. The molecule has 2 aromatic heterocycles. The molecule has 0 aliphatic carbocycles. The summed E-state index contributed by atoms with van der Waals surface area (Å²) in [5.41, 5.74) is 2.18. The molecule has 0 N–H and O–H groups in total. The van der Waals surface area contributed by atoms with Gasteiger partial charge in [0.15, 0.2) is 5.69 Å². The van der Waals surface area contributed by atoms with Gasteiger partial charge in [-0.1, -0.05) is 35.5 Å². The van der Waals surface area contributed by atoms with Crippen LogP contribution in [-0.4, -0.2) is 21.0 Å². The third kappa shape index (κ3) is 3.10. The van der Waals surface area contributed by atoms with Crippen molar-refractivity contribution in [1.29, 1.82) is 0 Å². The molecule has 0 unspecified atom stereocenters. The lowest BCUT2D eigenvalue weighted by Gasteiger charge is -2.08. The number of ether oxygens (including phenoxy) is 1. The SMILES string of the molecule is CC(=O)Oc1ccc2cc(-n3cc(-c4ccccc4)nn3)c(=O)oc2c1C. The van der Waals surface area contributed by atoms with Gasteiger partial charge in [-0.3, -0.25) is 4.79 Å². The molecule has 7 nitrogen and oxygen atoms in total. The number of carbonyl (C=O) groups excluding carboxylic acids is 1. The van der Waals surface area contributed by atoms with E-state index in [9.17, 15) is 9.59 Å². The Morgan fingerprint density at radius 2 is 1.93 bits per heavy atom. The van der Waals surface area contributed by atoms with Crippen LogP contribution in [0.5, 0.6) is 5.75 Å². The van der Waals surface area contributed by atoms with Crippen LogP contribution < -0.4 is 10.4 Å². The van der Waals surface area contributed by atoms with Crippen LogP contribution in [0, 0.1) is 6.92 Å². The van der Waals surface area contributed by atoms with Crippen LogP contribution in [-0.2, 0) is 4.79 Å². The van der Waals surface area contributed by atoms with Crippen LogP contribution in [0.25, 0.3) is 27.9 Å². The maximum atomic E-state index is 12.5. The first-order chi connectivity index (χ1) is 13.0. The van der Waals surface area contributed by atoms with Gasteiger partial charge in [0, 0.05) is 23.4 Å². The number of aryl methyl sites for hydroxylation is 1.